The van der Waals surface area contributed by atoms with E-state index in [2.05, 4.69) is 30.4 Å². The number of hydrogen-bond donors (Lipinski definition) is 2. The minimum Gasteiger partial charge on any atom is -0.389 e. The smallest absolute Gasteiger partial charge is 0.140 e. The van der Waals surface area contributed by atoms with Gasteiger partial charge in [-0.1, -0.05) is 24.4 Å². The molecule has 0 unspecified atom stereocenters. The van der Waals surface area contributed by atoms with Gasteiger partial charge >= 0.3 is 0 Å². The van der Waals surface area contributed by atoms with Crippen molar-refractivity contribution in [3.05, 3.63) is 52.7 Å². The first-order valence-corrected chi connectivity index (χ1v) is 7.20. The van der Waals surface area contributed by atoms with E-state index in [1.54, 1.807) is 0 Å². The maximum absolute atomic E-state index is 5.84. The number of aromatic nitrogens is 1. The molecule has 0 saturated heterocycles. The fourth-order valence-electron chi connectivity index (χ4n) is 2.61. The van der Waals surface area contributed by atoms with Crippen LogP contribution < -0.4 is 11.1 Å². The number of nitrogens with one attached hydrogen (secondary N) is 1. The second kappa shape index (κ2) is 5.21. The molecule has 1 heterocycles. The maximum atomic E-state index is 5.84. The van der Waals surface area contributed by atoms with Gasteiger partial charge in [-0.05, 0) is 55.5 Å². The summed E-state index contributed by atoms with van der Waals surface area (Å²) in [6.45, 7) is 2.07. The van der Waals surface area contributed by atoms with E-state index in [0.717, 1.165) is 36.3 Å². The molecule has 1 aromatic heterocycles. The molecule has 0 saturated carbocycles. The fourth-order valence-corrected chi connectivity index (χ4v) is 2.77. The summed E-state index contributed by atoms with van der Waals surface area (Å²) in [5.41, 5.74) is 11.3. The zero-order valence-electron chi connectivity index (χ0n) is 11.4. The van der Waals surface area contributed by atoms with Crippen LogP contribution in [0.3, 0.4) is 0 Å². The molecule has 0 atom stereocenters. The molecular weight excluding hydrogens is 266 g/mol. The second-order valence-corrected chi connectivity index (χ2v) is 5.64. The molecule has 0 spiro atoms. The fraction of sp³-hybridized carbons (Fsp3) is 0.250. The quantitative estimate of drug-likeness (QED) is 0.849. The number of anilines is 2. The van der Waals surface area contributed by atoms with E-state index in [4.69, 9.17) is 22.9 Å². The van der Waals surface area contributed by atoms with E-state index in [1.807, 2.05) is 12.1 Å². The highest BCUT2D eigenvalue weighted by atomic mass is 32.1. The number of nitrogens with zero attached hydrogens (tertiary/aromatic N) is 1. The predicted octanol–water partition coefficient (Wildman–Crippen LogP) is 3.26. The molecule has 3 rings (SSSR count). The van der Waals surface area contributed by atoms with Gasteiger partial charge < -0.3 is 11.1 Å². The van der Waals surface area contributed by atoms with Crippen molar-refractivity contribution in [3.8, 4) is 0 Å². The van der Waals surface area contributed by atoms with Crippen molar-refractivity contribution in [2.24, 2.45) is 5.73 Å². The van der Waals surface area contributed by atoms with E-state index in [0.29, 0.717) is 4.99 Å². The number of hydrogen-bond acceptors (Lipinski definition) is 3. The van der Waals surface area contributed by atoms with Crippen molar-refractivity contribution >= 4 is 28.7 Å². The molecule has 1 aliphatic carbocycles. The standard InChI is InChI=1S/C16H17N3S/c1-10-4-2-6-12(8-10)18-16-13(15(17)20)9-11-5-3-7-14(11)19-16/h2,4,6,8-9H,3,5,7H2,1H3,(H2,17,20)(H,18,19). The summed E-state index contributed by atoms with van der Waals surface area (Å²) in [5, 5.41) is 3.35. The lowest BCUT2D eigenvalue weighted by atomic mass is 10.1. The molecule has 3 nitrogen and oxygen atoms in total. The minimum atomic E-state index is 0.391. The van der Waals surface area contributed by atoms with Gasteiger partial charge in [0.1, 0.15) is 10.8 Å². The Morgan fingerprint density at radius 3 is 2.90 bits per heavy atom. The Kier molecular flexibility index (Phi) is 3.40. The summed E-state index contributed by atoms with van der Waals surface area (Å²) in [7, 11) is 0. The van der Waals surface area contributed by atoms with Gasteiger partial charge in [0, 0.05) is 11.4 Å². The molecule has 3 N–H and O–H groups in total. The van der Waals surface area contributed by atoms with Crippen molar-refractivity contribution < 1.29 is 0 Å². The second-order valence-electron chi connectivity index (χ2n) is 5.20. The van der Waals surface area contributed by atoms with Gasteiger partial charge in [-0.15, -0.1) is 0 Å². The van der Waals surface area contributed by atoms with Crippen LogP contribution in [0.4, 0.5) is 11.5 Å². The Bertz CT molecular complexity index is 679. The van der Waals surface area contributed by atoms with E-state index >= 15 is 0 Å². The molecule has 0 radical (unpaired) electrons. The third-order valence-corrected chi connectivity index (χ3v) is 3.82. The topological polar surface area (TPSA) is 50.9 Å². The van der Waals surface area contributed by atoms with Gasteiger partial charge in [0.2, 0.25) is 0 Å². The average molecular weight is 283 g/mol. The lowest BCUT2D eigenvalue weighted by Crippen LogP contribution is -2.14. The molecule has 1 aliphatic rings. The largest absolute Gasteiger partial charge is 0.389 e. The lowest BCUT2D eigenvalue weighted by Gasteiger charge is -2.13. The van der Waals surface area contributed by atoms with Crippen LogP contribution in [0.15, 0.2) is 30.3 Å². The molecule has 0 fully saturated rings. The van der Waals surface area contributed by atoms with Gasteiger partial charge in [0.05, 0.1) is 5.56 Å². The monoisotopic (exact) mass is 283 g/mol. The van der Waals surface area contributed by atoms with Gasteiger partial charge in [0.25, 0.3) is 0 Å². The highest BCUT2D eigenvalue weighted by molar-refractivity contribution is 7.80. The van der Waals surface area contributed by atoms with Crippen LogP contribution in [0.25, 0.3) is 0 Å². The van der Waals surface area contributed by atoms with E-state index in [-0.39, 0.29) is 0 Å². The lowest BCUT2D eigenvalue weighted by molar-refractivity contribution is 0.900. The van der Waals surface area contributed by atoms with E-state index < -0.39 is 0 Å². The Morgan fingerprint density at radius 1 is 1.30 bits per heavy atom. The van der Waals surface area contributed by atoms with Gasteiger partial charge in [-0.2, -0.15) is 0 Å². The number of nitrogens with two attached hydrogens (primary N) is 1. The molecule has 1 aromatic carbocycles. The zero-order valence-corrected chi connectivity index (χ0v) is 12.3. The molecule has 2 aromatic rings. The molecular formula is C16H17N3S. The van der Waals surface area contributed by atoms with Crippen LogP contribution >= 0.6 is 12.2 Å². The number of pyridine rings is 1. The van der Waals surface area contributed by atoms with Crippen LogP contribution in [0, 0.1) is 6.92 Å². The number of aryl methyl sites for hydroxylation is 3. The van der Waals surface area contributed by atoms with Crippen LogP contribution in [-0.2, 0) is 12.8 Å². The number of fused-ring (bicyclic) bond motifs is 1. The summed E-state index contributed by atoms with van der Waals surface area (Å²) in [5.74, 6) is 0.767. The molecule has 0 amide bonds. The highest BCUT2D eigenvalue weighted by Gasteiger charge is 2.17. The van der Waals surface area contributed by atoms with Crippen LogP contribution in [0.1, 0.15) is 28.8 Å². The molecule has 102 valence electrons. The first kappa shape index (κ1) is 13.1. The predicted molar refractivity (Wildman–Crippen MR) is 86.6 cm³/mol. The van der Waals surface area contributed by atoms with E-state index in [1.165, 1.54) is 16.8 Å². The highest BCUT2D eigenvalue weighted by Crippen LogP contribution is 2.27. The Morgan fingerprint density at radius 2 is 2.15 bits per heavy atom. The first-order valence-electron chi connectivity index (χ1n) is 6.80. The molecule has 0 aliphatic heterocycles. The third-order valence-electron chi connectivity index (χ3n) is 3.60. The van der Waals surface area contributed by atoms with E-state index in [9.17, 15) is 0 Å². The first-order chi connectivity index (χ1) is 9.63. The van der Waals surface area contributed by atoms with Crippen molar-refractivity contribution in [3.63, 3.8) is 0 Å². The summed E-state index contributed by atoms with van der Waals surface area (Å²) >= 11 is 5.16. The molecule has 0 bridgehead atoms. The van der Waals surface area contributed by atoms with Gasteiger partial charge in [-0.3, -0.25) is 0 Å². The molecule has 4 heteroatoms. The summed E-state index contributed by atoms with van der Waals surface area (Å²) in [4.78, 5) is 5.11. The third kappa shape index (κ3) is 2.51. The summed E-state index contributed by atoms with van der Waals surface area (Å²) < 4.78 is 0. The number of rotatable bonds is 3. The van der Waals surface area contributed by atoms with Crippen LogP contribution in [-0.4, -0.2) is 9.97 Å². The number of thiocarbonyl (C=S) groups is 1. The van der Waals surface area contributed by atoms with Crippen molar-refractivity contribution in [2.75, 3.05) is 5.32 Å². The van der Waals surface area contributed by atoms with Crippen molar-refractivity contribution in [2.45, 2.75) is 26.2 Å². The Balaban J connectivity index is 2.01. The number of benzene rings is 1. The Hall–Kier alpha value is -1.94. The van der Waals surface area contributed by atoms with Crippen LogP contribution in [0.2, 0.25) is 0 Å². The maximum Gasteiger partial charge on any atom is 0.140 e. The van der Waals surface area contributed by atoms with Crippen molar-refractivity contribution in [1.82, 2.24) is 4.98 Å². The van der Waals surface area contributed by atoms with Crippen molar-refractivity contribution in [1.29, 1.82) is 0 Å². The SMILES string of the molecule is Cc1cccc(Nc2nc3c(cc2C(N)=S)CCC3)c1. The van der Waals surface area contributed by atoms with Gasteiger partial charge in [-0.25, -0.2) is 4.98 Å². The van der Waals surface area contributed by atoms with Gasteiger partial charge in [0.15, 0.2) is 0 Å². The minimum absolute atomic E-state index is 0.391. The Labute approximate surface area is 124 Å². The van der Waals surface area contributed by atoms with Crippen LogP contribution in [0.5, 0.6) is 0 Å². The molecule has 20 heavy (non-hydrogen) atoms. The normalized spacial score (nSPS) is 13.1. The summed E-state index contributed by atoms with van der Waals surface area (Å²) in [6, 6.07) is 10.3. The zero-order chi connectivity index (χ0) is 14.1. The summed E-state index contributed by atoms with van der Waals surface area (Å²) in [6.07, 6.45) is 3.27. The average Bonchev–Trinajstić information content (AvgIpc) is 2.84.